The minimum Gasteiger partial charge on any atom is -0.295 e. The largest absolute Gasteiger partial charge is 0.295 e. The third kappa shape index (κ3) is 5.18. The Morgan fingerprint density at radius 1 is 0.885 bits per heavy atom. The monoisotopic (exact) mass is 349 g/mol. The third-order valence-electron chi connectivity index (χ3n) is 5.02. The van der Waals surface area contributed by atoms with Gasteiger partial charge in [-0.05, 0) is 29.0 Å². The van der Waals surface area contributed by atoms with Gasteiger partial charge in [0.2, 0.25) is 0 Å². The second kappa shape index (κ2) is 8.05. The molecule has 1 heterocycles. The van der Waals surface area contributed by atoms with Crippen LogP contribution >= 0.6 is 0 Å². The molecule has 1 fully saturated rings. The lowest BCUT2D eigenvalue weighted by atomic mass is 9.87. The van der Waals surface area contributed by atoms with E-state index in [9.17, 15) is 0 Å². The van der Waals surface area contributed by atoms with E-state index in [0.29, 0.717) is 0 Å². The van der Waals surface area contributed by atoms with Crippen LogP contribution in [0.25, 0.3) is 0 Å². The summed E-state index contributed by atoms with van der Waals surface area (Å²) in [5.74, 6) is 0. The lowest BCUT2D eigenvalue weighted by Gasteiger charge is -2.33. The van der Waals surface area contributed by atoms with E-state index in [4.69, 9.17) is 0 Å². The topological polar surface area (TPSA) is 18.8 Å². The lowest BCUT2D eigenvalue weighted by molar-refractivity contribution is 0.131. The molecule has 138 valence electrons. The van der Waals surface area contributed by atoms with Crippen LogP contribution in [0.2, 0.25) is 0 Å². The first kappa shape index (κ1) is 18.7. The highest BCUT2D eigenvalue weighted by Crippen LogP contribution is 2.21. The molecule has 0 radical (unpaired) electrons. The van der Waals surface area contributed by atoms with Crippen molar-refractivity contribution in [1.29, 1.82) is 0 Å². The third-order valence-corrected chi connectivity index (χ3v) is 5.02. The molecule has 2 aromatic carbocycles. The number of piperazine rings is 1. The van der Waals surface area contributed by atoms with Gasteiger partial charge in [0.25, 0.3) is 0 Å². The zero-order chi connectivity index (χ0) is 18.6. The van der Waals surface area contributed by atoms with Gasteiger partial charge in [-0.25, -0.2) is 0 Å². The highest BCUT2D eigenvalue weighted by Gasteiger charge is 2.15. The first-order chi connectivity index (χ1) is 12.4. The number of hydrogen-bond donors (Lipinski definition) is 0. The van der Waals surface area contributed by atoms with E-state index < -0.39 is 0 Å². The summed E-state index contributed by atoms with van der Waals surface area (Å²) in [7, 11) is 0. The van der Waals surface area contributed by atoms with Gasteiger partial charge in [-0.15, -0.1) is 0 Å². The Bertz CT molecular complexity index is 716. The Kier molecular flexibility index (Phi) is 5.77. The predicted molar refractivity (Wildman–Crippen MR) is 111 cm³/mol. The summed E-state index contributed by atoms with van der Waals surface area (Å²) in [5.41, 5.74) is 5.44. The molecule has 3 nitrogen and oxygen atoms in total. The summed E-state index contributed by atoms with van der Waals surface area (Å²) in [6.07, 6.45) is 1.99. The quantitative estimate of drug-likeness (QED) is 0.760. The zero-order valence-electron chi connectivity index (χ0n) is 16.6. The van der Waals surface area contributed by atoms with Crippen LogP contribution in [-0.4, -0.2) is 42.3 Å². The van der Waals surface area contributed by atoms with E-state index in [-0.39, 0.29) is 5.41 Å². The minimum atomic E-state index is 0.198. The minimum absolute atomic E-state index is 0.198. The Balaban J connectivity index is 1.49. The van der Waals surface area contributed by atoms with Crippen LogP contribution < -0.4 is 0 Å². The Morgan fingerprint density at radius 2 is 1.50 bits per heavy atom. The number of hydrazone groups is 1. The highest BCUT2D eigenvalue weighted by atomic mass is 15.5. The molecule has 0 unspecified atom stereocenters. The normalized spacial score (nSPS) is 16.4. The van der Waals surface area contributed by atoms with Gasteiger partial charge >= 0.3 is 0 Å². The molecule has 0 N–H and O–H groups in total. The second-order valence-corrected chi connectivity index (χ2v) is 8.33. The molecule has 26 heavy (non-hydrogen) atoms. The van der Waals surface area contributed by atoms with Gasteiger partial charge in [-0.3, -0.25) is 9.91 Å². The Hall–Kier alpha value is -2.13. The van der Waals surface area contributed by atoms with E-state index in [1.54, 1.807) is 0 Å². The van der Waals surface area contributed by atoms with Crippen LogP contribution in [0.1, 0.15) is 43.0 Å². The number of hydrogen-bond acceptors (Lipinski definition) is 3. The fourth-order valence-corrected chi connectivity index (χ4v) is 3.18. The van der Waals surface area contributed by atoms with Crippen LogP contribution in [0.4, 0.5) is 0 Å². The molecule has 1 aliphatic rings. The average Bonchev–Trinajstić information content (AvgIpc) is 2.63. The zero-order valence-corrected chi connectivity index (χ0v) is 16.6. The molecular formula is C23H31N3. The van der Waals surface area contributed by atoms with Crippen molar-refractivity contribution in [1.82, 2.24) is 9.91 Å². The first-order valence-corrected chi connectivity index (χ1v) is 9.57. The van der Waals surface area contributed by atoms with Crippen molar-refractivity contribution in [2.75, 3.05) is 26.2 Å². The molecule has 0 aromatic heterocycles. The van der Waals surface area contributed by atoms with Gasteiger partial charge < -0.3 is 0 Å². The maximum absolute atomic E-state index is 4.68. The molecule has 1 aliphatic heterocycles. The molecule has 0 bridgehead atoms. The smallest absolute Gasteiger partial charge is 0.0542 e. The van der Waals surface area contributed by atoms with Crippen molar-refractivity contribution >= 4 is 6.21 Å². The molecule has 2 aromatic rings. The van der Waals surface area contributed by atoms with Crippen LogP contribution in [0.15, 0.2) is 53.6 Å². The van der Waals surface area contributed by atoms with Crippen molar-refractivity contribution in [3.8, 4) is 0 Å². The summed E-state index contributed by atoms with van der Waals surface area (Å²) < 4.78 is 0. The van der Waals surface area contributed by atoms with Gasteiger partial charge in [-0.1, -0.05) is 74.9 Å². The maximum Gasteiger partial charge on any atom is 0.0542 e. The van der Waals surface area contributed by atoms with Gasteiger partial charge in [0.05, 0.1) is 6.21 Å². The van der Waals surface area contributed by atoms with Crippen molar-refractivity contribution < 1.29 is 0 Å². The van der Waals surface area contributed by atoms with Gasteiger partial charge in [0.15, 0.2) is 0 Å². The summed E-state index contributed by atoms with van der Waals surface area (Å²) in [4.78, 5) is 2.51. The lowest BCUT2D eigenvalue weighted by Crippen LogP contribution is -2.43. The molecule has 0 aliphatic carbocycles. The molecule has 3 heteroatoms. The van der Waals surface area contributed by atoms with Crippen LogP contribution in [0, 0.1) is 6.92 Å². The summed E-state index contributed by atoms with van der Waals surface area (Å²) in [6, 6.07) is 17.6. The number of rotatable bonds is 4. The van der Waals surface area contributed by atoms with Gasteiger partial charge in [-0.2, -0.15) is 5.10 Å². The fourth-order valence-electron chi connectivity index (χ4n) is 3.18. The molecule has 0 amide bonds. The van der Waals surface area contributed by atoms with Gasteiger partial charge in [0, 0.05) is 32.7 Å². The van der Waals surface area contributed by atoms with E-state index in [1.165, 1.54) is 22.3 Å². The number of nitrogens with zero attached hydrogens (tertiary/aromatic N) is 3. The molecule has 0 spiro atoms. The highest BCUT2D eigenvalue weighted by molar-refractivity contribution is 5.79. The van der Waals surface area contributed by atoms with Crippen molar-refractivity contribution in [3.05, 3.63) is 70.8 Å². The maximum atomic E-state index is 4.68. The molecular weight excluding hydrogens is 318 g/mol. The van der Waals surface area contributed by atoms with Crippen molar-refractivity contribution in [3.63, 3.8) is 0 Å². The van der Waals surface area contributed by atoms with E-state index in [2.05, 4.69) is 91.2 Å². The molecule has 1 saturated heterocycles. The molecule has 0 atom stereocenters. The standard InChI is InChI=1S/C23H31N3/c1-19-5-7-21(8-6-19)18-25-13-15-26(16-14-25)24-17-20-9-11-22(12-10-20)23(2,3)4/h5-12,17H,13-16,18H2,1-4H3/b24-17-. The van der Waals surface area contributed by atoms with Crippen molar-refractivity contribution in [2.45, 2.75) is 39.7 Å². The summed E-state index contributed by atoms with van der Waals surface area (Å²) >= 11 is 0. The number of benzene rings is 2. The van der Waals surface area contributed by atoms with E-state index >= 15 is 0 Å². The molecule has 3 rings (SSSR count). The second-order valence-electron chi connectivity index (χ2n) is 8.33. The Morgan fingerprint density at radius 3 is 2.08 bits per heavy atom. The summed E-state index contributed by atoms with van der Waals surface area (Å²) in [5, 5.41) is 6.86. The SMILES string of the molecule is Cc1ccc(CN2CCN(/N=C\c3ccc(C(C)(C)C)cc3)CC2)cc1. The first-order valence-electron chi connectivity index (χ1n) is 9.57. The van der Waals surface area contributed by atoms with Gasteiger partial charge in [0.1, 0.15) is 0 Å². The number of aryl methyl sites for hydroxylation is 1. The van der Waals surface area contributed by atoms with E-state index in [1.807, 2.05) is 6.21 Å². The Labute approximate surface area is 158 Å². The summed E-state index contributed by atoms with van der Waals surface area (Å²) in [6.45, 7) is 14.0. The molecule has 0 saturated carbocycles. The predicted octanol–water partition coefficient (Wildman–Crippen LogP) is 4.44. The average molecular weight is 350 g/mol. The van der Waals surface area contributed by atoms with Crippen LogP contribution in [0.5, 0.6) is 0 Å². The van der Waals surface area contributed by atoms with E-state index in [0.717, 1.165) is 32.7 Å². The van der Waals surface area contributed by atoms with Crippen molar-refractivity contribution in [2.24, 2.45) is 5.10 Å². The van der Waals surface area contributed by atoms with Crippen LogP contribution in [0.3, 0.4) is 0 Å². The fraction of sp³-hybridized carbons (Fsp3) is 0.435. The van der Waals surface area contributed by atoms with Crippen LogP contribution in [-0.2, 0) is 12.0 Å².